The van der Waals surface area contributed by atoms with Gasteiger partial charge >= 0.3 is 0 Å². The van der Waals surface area contributed by atoms with Gasteiger partial charge < -0.3 is 16.3 Å². The Kier molecular flexibility index (Phi) is 3.33. The van der Waals surface area contributed by atoms with Gasteiger partial charge in [-0.3, -0.25) is 4.79 Å². The summed E-state index contributed by atoms with van der Waals surface area (Å²) in [7, 11) is 0. The Bertz CT molecular complexity index is 241. The monoisotopic (exact) mass is 199 g/mol. The maximum absolute atomic E-state index is 11.4. The molecule has 0 aromatic carbocycles. The van der Waals surface area contributed by atoms with E-state index in [1.54, 1.807) is 0 Å². The van der Waals surface area contributed by atoms with Gasteiger partial charge in [-0.15, -0.1) is 0 Å². The highest BCUT2D eigenvalue weighted by molar-refractivity contribution is 5.98. The normalized spacial score (nSPS) is 19.9. The summed E-state index contributed by atoms with van der Waals surface area (Å²) in [5.74, 6) is -0.213. The van der Waals surface area contributed by atoms with Crippen LogP contribution in [0.4, 0.5) is 0 Å². The summed E-state index contributed by atoms with van der Waals surface area (Å²) >= 11 is 0. The first-order valence-corrected chi connectivity index (χ1v) is 4.89. The Morgan fingerprint density at radius 1 is 1.64 bits per heavy atom. The third-order valence-electron chi connectivity index (χ3n) is 2.86. The van der Waals surface area contributed by atoms with Gasteiger partial charge in [0.05, 0.1) is 6.42 Å². The van der Waals surface area contributed by atoms with Crippen LogP contribution in [0.15, 0.2) is 5.16 Å². The van der Waals surface area contributed by atoms with Gasteiger partial charge in [0.25, 0.3) is 0 Å². The summed E-state index contributed by atoms with van der Waals surface area (Å²) < 4.78 is 0. The van der Waals surface area contributed by atoms with Gasteiger partial charge in [-0.05, 0) is 25.7 Å². The molecule has 0 heterocycles. The molecule has 0 spiro atoms. The molecule has 0 saturated heterocycles. The van der Waals surface area contributed by atoms with Gasteiger partial charge in [0, 0.05) is 5.54 Å². The van der Waals surface area contributed by atoms with Crippen LogP contribution in [0, 0.1) is 0 Å². The van der Waals surface area contributed by atoms with E-state index >= 15 is 0 Å². The Balaban J connectivity index is 2.40. The van der Waals surface area contributed by atoms with Crippen molar-refractivity contribution >= 4 is 11.7 Å². The minimum Gasteiger partial charge on any atom is -0.409 e. The maximum Gasteiger partial charge on any atom is 0.228 e. The van der Waals surface area contributed by atoms with Crippen LogP contribution in [0.25, 0.3) is 0 Å². The fourth-order valence-corrected chi connectivity index (χ4v) is 1.71. The number of nitrogens with zero attached hydrogens (tertiary/aromatic N) is 1. The second-order valence-electron chi connectivity index (χ2n) is 3.80. The zero-order valence-electron chi connectivity index (χ0n) is 8.42. The molecule has 1 amide bonds. The van der Waals surface area contributed by atoms with Crippen molar-refractivity contribution in [2.75, 3.05) is 0 Å². The number of nitrogens with two attached hydrogens (primary N) is 1. The van der Waals surface area contributed by atoms with Crippen molar-refractivity contribution < 1.29 is 10.0 Å². The Morgan fingerprint density at radius 3 is 2.64 bits per heavy atom. The number of amidine groups is 1. The SMILES string of the molecule is CCC1(NC(=O)CC(N)=NO)CCC1. The molecule has 14 heavy (non-hydrogen) atoms. The summed E-state index contributed by atoms with van der Waals surface area (Å²) in [6.07, 6.45) is 4.14. The quantitative estimate of drug-likeness (QED) is 0.268. The van der Waals surface area contributed by atoms with E-state index < -0.39 is 0 Å². The van der Waals surface area contributed by atoms with Crippen LogP contribution >= 0.6 is 0 Å². The molecule has 0 aromatic rings. The highest BCUT2D eigenvalue weighted by Gasteiger charge is 2.36. The van der Waals surface area contributed by atoms with Gasteiger partial charge in [-0.1, -0.05) is 12.1 Å². The van der Waals surface area contributed by atoms with Crippen LogP contribution in [-0.2, 0) is 4.79 Å². The van der Waals surface area contributed by atoms with Gasteiger partial charge in [0.2, 0.25) is 5.91 Å². The lowest BCUT2D eigenvalue weighted by Gasteiger charge is -2.42. The molecule has 1 aliphatic carbocycles. The molecule has 1 saturated carbocycles. The lowest BCUT2D eigenvalue weighted by molar-refractivity contribution is -0.123. The molecule has 0 radical (unpaired) electrons. The minimum atomic E-state index is -0.165. The summed E-state index contributed by atoms with van der Waals surface area (Å²) in [5.41, 5.74) is 5.21. The zero-order chi connectivity index (χ0) is 10.6. The third-order valence-corrected chi connectivity index (χ3v) is 2.86. The highest BCUT2D eigenvalue weighted by Crippen LogP contribution is 2.34. The molecular formula is C9H17N3O2. The predicted molar refractivity (Wildman–Crippen MR) is 53.0 cm³/mol. The lowest BCUT2D eigenvalue weighted by Crippen LogP contribution is -2.53. The van der Waals surface area contributed by atoms with Crippen molar-refractivity contribution in [2.45, 2.75) is 44.6 Å². The van der Waals surface area contributed by atoms with Crippen molar-refractivity contribution in [3.63, 3.8) is 0 Å². The number of nitrogens with one attached hydrogen (secondary N) is 1. The topological polar surface area (TPSA) is 87.7 Å². The molecule has 0 bridgehead atoms. The molecule has 0 unspecified atom stereocenters. The molecule has 1 fully saturated rings. The minimum absolute atomic E-state index is 0.0210. The zero-order valence-corrected chi connectivity index (χ0v) is 8.42. The van der Waals surface area contributed by atoms with Crippen LogP contribution in [-0.4, -0.2) is 22.5 Å². The van der Waals surface area contributed by atoms with Gasteiger partial charge in [-0.25, -0.2) is 0 Å². The Hall–Kier alpha value is -1.26. The summed E-state index contributed by atoms with van der Waals surface area (Å²) in [6, 6.07) is 0. The first kappa shape index (κ1) is 10.8. The van der Waals surface area contributed by atoms with E-state index in [4.69, 9.17) is 10.9 Å². The molecule has 0 aromatic heterocycles. The van der Waals surface area contributed by atoms with Crippen molar-refractivity contribution in [1.82, 2.24) is 5.32 Å². The number of rotatable bonds is 4. The van der Waals surface area contributed by atoms with E-state index in [-0.39, 0.29) is 23.7 Å². The van der Waals surface area contributed by atoms with Crippen molar-refractivity contribution in [3.05, 3.63) is 0 Å². The second kappa shape index (κ2) is 4.30. The summed E-state index contributed by atoms with van der Waals surface area (Å²) in [4.78, 5) is 11.4. The van der Waals surface area contributed by atoms with E-state index in [9.17, 15) is 4.79 Å². The number of amides is 1. The van der Waals surface area contributed by atoms with E-state index in [1.807, 2.05) is 0 Å². The Labute approximate surface area is 83.3 Å². The predicted octanol–water partition coefficient (Wildman–Crippen LogP) is 0.572. The number of carbonyl (C=O) groups is 1. The van der Waals surface area contributed by atoms with Crippen molar-refractivity contribution in [2.24, 2.45) is 10.9 Å². The first-order chi connectivity index (χ1) is 6.62. The van der Waals surface area contributed by atoms with E-state index in [2.05, 4.69) is 17.4 Å². The standard InChI is InChI=1S/C9H17N3O2/c1-2-9(4-3-5-9)11-8(13)6-7(10)12-14/h14H,2-6H2,1H3,(H2,10,12)(H,11,13). The fraction of sp³-hybridized carbons (Fsp3) is 0.778. The summed E-state index contributed by atoms with van der Waals surface area (Å²) in [6.45, 7) is 2.06. The van der Waals surface area contributed by atoms with Crippen LogP contribution in [0.5, 0.6) is 0 Å². The number of carbonyl (C=O) groups excluding carboxylic acids is 1. The van der Waals surface area contributed by atoms with E-state index in [1.165, 1.54) is 0 Å². The smallest absolute Gasteiger partial charge is 0.228 e. The highest BCUT2D eigenvalue weighted by atomic mass is 16.4. The van der Waals surface area contributed by atoms with Crippen LogP contribution < -0.4 is 11.1 Å². The van der Waals surface area contributed by atoms with Crippen molar-refractivity contribution in [1.29, 1.82) is 0 Å². The largest absolute Gasteiger partial charge is 0.409 e. The molecule has 5 heteroatoms. The molecule has 0 aliphatic heterocycles. The van der Waals surface area contributed by atoms with Gasteiger partial charge in [0.15, 0.2) is 0 Å². The summed E-state index contributed by atoms with van der Waals surface area (Å²) in [5, 5.41) is 14.0. The van der Waals surface area contributed by atoms with Gasteiger partial charge in [-0.2, -0.15) is 0 Å². The van der Waals surface area contributed by atoms with E-state index in [0.717, 1.165) is 25.7 Å². The molecule has 1 aliphatic rings. The average Bonchev–Trinajstić information content (AvgIpc) is 2.11. The van der Waals surface area contributed by atoms with Crippen LogP contribution in [0.1, 0.15) is 39.0 Å². The molecule has 0 atom stereocenters. The number of hydrogen-bond donors (Lipinski definition) is 3. The van der Waals surface area contributed by atoms with Crippen molar-refractivity contribution in [3.8, 4) is 0 Å². The Morgan fingerprint density at radius 2 is 2.29 bits per heavy atom. The number of oxime groups is 1. The maximum atomic E-state index is 11.4. The molecule has 80 valence electrons. The fourth-order valence-electron chi connectivity index (χ4n) is 1.71. The average molecular weight is 199 g/mol. The first-order valence-electron chi connectivity index (χ1n) is 4.89. The molecule has 1 rings (SSSR count). The lowest BCUT2D eigenvalue weighted by atomic mass is 9.75. The number of hydrogen-bond acceptors (Lipinski definition) is 3. The van der Waals surface area contributed by atoms with Crippen LogP contribution in [0.3, 0.4) is 0 Å². The second-order valence-corrected chi connectivity index (χ2v) is 3.80. The molecule has 5 nitrogen and oxygen atoms in total. The molecular weight excluding hydrogens is 182 g/mol. The van der Waals surface area contributed by atoms with E-state index in [0.29, 0.717) is 0 Å². The molecule has 4 N–H and O–H groups in total. The third kappa shape index (κ3) is 2.37. The van der Waals surface area contributed by atoms with Gasteiger partial charge in [0.1, 0.15) is 5.84 Å². The van der Waals surface area contributed by atoms with Crippen LogP contribution in [0.2, 0.25) is 0 Å².